The third kappa shape index (κ3) is 4.25. The van der Waals surface area contributed by atoms with E-state index < -0.39 is 0 Å². The van der Waals surface area contributed by atoms with Crippen molar-refractivity contribution >= 4 is 17.2 Å². The summed E-state index contributed by atoms with van der Waals surface area (Å²) in [5, 5.41) is 0. The van der Waals surface area contributed by atoms with Gasteiger partial charge in [0.05, 0.1) is 12.7 Å². The van der Waals surface area contributed by atoms with Crippen molar-refractivity contribution in [2.24, 2.45) is 5.73 Å². The second-order valence-corrected chi connectivity index (χ2v) is 5.53. The highest BCUT2D eigenvalue weighted by molar-refractivity contribution is 7.80. The number of halogens is 1. The van der Waals surface area contributed by atoms with Gasteiger partial charge in [-0.05, 0) is 31.0 Å². The zero-order valence-corrected chi connectivity index (χ0v) is 11.8. The molecule has 0 atom stereocenters. The SMILES string of the molecule is NC(=S)c1ccc(F)c(COC2CCCCCC2)c1. The highest BCUT2D eigenvalue weighted by Crippen LogP contribution is 2.21. The maximum atomic E-state index is 13.7. The third-order valence-corrected chi connectivity index (χ3v) is 3.84. The molecule has 0 spiro atoms. The standard InChI is InChI=1S/C15H20FNOS/c16-14-8-7-11(15(17)19)9-12(14)10-18-13-5-3-1-2-4-6-13/h7-9,13H,1-6,10H2,(H2,17,19). The molecule has 1 saturated carbocycles. The van der Waals surface area contributed by atoms with Crippen molar-refractivity contribution in [2.45, 2.75) is 51.2 Å². The van der Waals surface area contributed by atoms with Crippen LogP contribution in [-0.4, -0.2) is 11.1 Å². The van der Waals surface area contributed by atoms with E-state index in [0.29, 0.717) is 17.7 Å². The predicted octanol–water partition coefficient (Wildman–Crippen LogP) is 3.70. The van der Waals surface area contributed by atoms with Crippen molar-refractivity contribution in [3.05, 3.63) is 35.1 Å². The molecule has 0 aliphatic heterocycles. The first-order valence-electron chi connectivity index (χ1n) is 6.86. The Hall–Kier alpha value is -1.00. The van der Waals surface area contributed by atoms with Crippen molar-refractivity contribution in [1.82, 2.24) is 0 Å². The van der Waals surface area contributed by atoms with E-state index in [-0.39, 0.29) is 16.9 Å². The Labute approximate surface area is 119 Å². The Kier molecular flexibility index (Phi) is 5.28. The maximum Gasteiger partial charge on any atom is 0.128 e. The summed E-state index contributed by atoms with van der Waals surface area (Å²) < 4.78 is 19.5. The average Bonchev–Trinajstić information content (AvgIpc) is 2.66. The summed E-state index contributed by atoms with van der Waals surface area (Å²) in [6, 6.07) is 4.70. The largest absolute Gasteiger partial charge is 0.389 e. The number of hydrogen-bond donors (Lipinski definition) is 1. The van der Waals surface area contributed by atoms with Crippen LogP contribution in [0.1, 0.15) is 49.7 Å². The van der Waals surface area contributed by atoms with Crippen LogP contribution in [0.5, 0.6) is 0 Å². The Balaban J connectivity index is 1.97. The van der Waals surface area contributed by atoms with Crippen molar-refractivity contribution in [1.29, 1.82) is 0 Å². The van der Waals surface area contributed by atoms with E-state index in [1.807, 2.05) is 0 Å². The maximum absolute atomic E-state index is 13.7. The fraction of sp³-hybridized carbons (Fsp3) is 0.533. The minimum absolute atomic E-state index is 0.256. The average molecular weight is 281 g/mol. The molecule has 0 radical (unpaired) electrons. The van der Waals surface area contributed by atoms with Gasteiger partial charge in [0.2, 0.25) is 0 Å². The van der Waals surface area contributed by atoms with Crippen LogP contribution in [0.15, 0.2) is 18.2 Å². The Morgan fingerprint density at radius 2 is 1.95 bits per heavy atom. The molecule has 19 heavy (non-hydrogen) atoms. The van der Waals surface area contributed by atoms with Crippen LogP contribution in [0.2, 0.25) is 0 Å². The number of nitrogens with two attached hydrogens (primary N) is 1. The Morgan fingerprint density at radius 3 is 2.58 bits per heavy atom. The summed E-state index contributed by atoms with van der Waals surface area (Å²) >= 11 is 4.91. The van der Waals surface area contributed by atoms with E-state index in [9.17, 15) is 4.39 Å². The summed E-state index contributed by atoms with van der Waals surface area (Å²) in [6.07, 6.45) is 7.40. The molecule has 104 valence electrons. The summed E-state index contributed by atoms with van der Waals surface area (Å²) in [5.41, 5.74) is 6.79. The molecule has 1 fully saturated rings. The predicted molar refractivity (Wildman–Crippen MR) is 78.6 cm³/mol. The summed E-state index contributed by atoms with van der Waals surface area (Å²) in [7, 11) is 0. The molecule has 1 aromatic carbocycles. The molecule has 1 aliphatic carbocycles. The number of hydrogen-bond acceptors (Lipinski definition) is 2. The highest BCUT2D eigenvalue weighted by Gasteiger charge is 2.14. The molecule has 0 amide bonds. The van der Waals surface area contributed by atoms with Crippen molar-refractivity contribution < 1.29 is 9.13 Å². The number of rotatable bonds is 4. The fourth-order valence-corrected chi connectivity index (χ4v) is 2.58. The summed E-state index contributed by atoms with van der Waals surface area (Å²) in [6.45, 7) is 0.299. The molecule has 1 aromatic rings. The number of ether oxygens (including phenoxy) is 1. The van der Waals surface area contributed by atoms with Gasteiger partial charge in [-0.25, -0.2) is 4.39 Å². The molecular formula is C15H20FNOS. The van der Waals surface area contributed by atoms with E-state index in [0.717, 1.165) is 12.8 Å². The minimum atomic E-state index is -0.256. The van der Waals surface area contributed by atoms with Crippen molar-refractivity contribution in [3.63, 3.8) is 0 Å². The third-order valence-electron chi connectivity index (χ3n) is 3.61. The van der Waals surface area contributed by atoms with Crippen molar-refractivity contribution in [3.8, 4) is 0 Å². The lowest BCUT2D eigenvalue weighted by atomic mass is 10.1. The lowest BCUT2D eigenvalue weighted by molar-refractivity contribution is 0.0295. The van der Waals surface area contributed by atoms with Gasteiger partial charge < -0.3 is 10.5 Å². The molecule has 2 nitrogen and oxygen atoms in total. The van der Waals surface area contributed by atoms with Crippen LogP contribution in [0.25, 0.3) is 0 Å². The van der Waals surface area contributed by atoms with Crippen LogP contribution in [-0.2, 0) is 11.3 Å². The normalized spacial score (nSPS) is 17.1. The molecule has 0 saturated heterocycles. The van der Waals surface area contributed by atoms with Gasteiger partial charge in [0, 0.05) is 11.1 Å². The van der Waals surface area contributed by atoms with E-state index >= 15 is 0 Å². The van der Waals surface area contributed by atoms with Gasteiger partial charge in [-0.15, -0.1) is 0 Å². The zero-order chi connectivity index (χ0) is 13.7. The van der Waals surface area contributed by atoms with Gasteiger partial charge in [0.25, 0.3) is 0 Å². The zero-order valence-electron chi connectivity index (χ0n) is 11.0. The number of thiocarbonyl (C=S) groups is 1. The minimum Gasteiger partial charge on any atom is -0.389 e. The van der Waals surface area contributed by atoms with Crippen LogP contribution in [0, 0.1) is 5.82 Å². The monoisotopic (exact) mass is 281 g/mol. The van der Waals surface area contributed by atoms with Gasteiger partial charge in [0.15, 0.2) is 0 Å². The summed E-state index contributed by atoms with van der Waals surface area (Å²) in [5.74, 6) is -0.256. The van der Waals surface area contributed by atoms with Gasteiger partial charge in [0.1, 0.15) is 10.8 Å². The van der Waals surface area contributed by atoms with E-state index in [1.165, 1.54) is 31.7 Å². The molecule has 0 heterocycles. The van der Waals surface area contributed by atoms with Gasteiger partial charge in [-0.3, -0.25) is 0 Å². The first-order valence-corrected chi connectivity index (χ1v) is 7.27. The molecule has 1 aliphatic rings. The first-order chi connectivity index (χ1) is 9.16. The Bertz CT molecular complexity index is 442. The van der Waals surface area contributed by atoms with Crippen LogP contribution in [0.4, 0.5) is 4.39 Å². The van der Waals surface area contributed by atoms with Crippen LogP contribution in [0.3, 0.4) is 0 Å². The lowest BCUT2D eigenvalue weighted by Gasteiger charge is -2.16. The molecule has 4 heteroatoms. The smallest absolute Gasteiger partial charge is 0.128 e. The number of benzene rings is 1. The fourth-order valence-electron chi connectivity index (χ4n) is 2.45. The molecule has 0 bridgehead atoms. The van der Waals surface area contributed by atoms with E-state index in [4.69, 9.17) is 22.7 Å². The van der Waals surface area contributed by atoms with E-state index in [2.05, 4.69) is 0 Å². The second-order valence-electron chi connectivity index (χ2n) is 5.10. The lowest BCUT2D eigenvalue weighted by Crippen LogP contribution is -2.13. The second kappa shape index (κ2) is 6.96. The van der Waals surface area contributed by atoms with E-state index in [1.54, 1.807) is 12.1 Å². The van der Waals surface area contributed by atoms with Crippen LogP contribution < -0.4 is 5.73 Å². The first kappa shape index (κ1) is 14.4. The Morgan fingerprint density at radius 1 is 1.26 bits per heavy atom. The summed E-state index contributed by atoms with van der Waals surface area (Å²) in [4.78, 5) is 0.288. The topological polar surface area (TPSA) is 35.2 Å². The molecule has 0 aromatic heterocycles. The molecule has 2 N–H and O–H groups in total. The quantitative estimate of drug-likeness (QED) is 0.675. The molecular weight excluding hydrogens is 261 g/mol. The molecule has 0 unspecified atom stereocenters. The van der Waals surface area contributed by atoms with Gasteiger partial charge >= 0.3 is 0 Å². The van der Waals surface area contributed by atoms with Gasteiger partial charge in [-0.2, -0.15) is 0 Å². The van der Waals surface area contributed by atoms with Crippen molar-refractivity contribution in [2.75, 3.05) is 0 Å². The molecule has 2 rings (SSSR count). The highest BCUT2D eigenvalue weighted by atomic mass is 32.1. The van der Waals surface area contributed by atoms with Crippen LogP contribution >= 0.6 is 12.2 Å². The van der Waals surface area contributed by atoms with Gasteiger partial charge in [-0.1, -0.05) is 37.9 Å².